The van der Waals surface area contributed by atoms with Gasteiger partial charge in [0, 0.05) is 6.92 Å². The lowest BCUT2D eigenvalue weighted by Crippen LogP contribution is -2.62. The summed E-state index contributed by atoms with van der Waals surface area (Å²) in [5.74, 6) is -13.7. The van der Waals surface area contributed by atoms with E-state index >= 15 is 0 Å². The quantitative estimate of drug-likeness (QED) is 0.143. The first-order valence-electron chi connectivity index (χ1n) is 12.1. The maximum atomic E-state index is 12.8. The highest BCUT2D eigenvalue weighted by Crippen LogP contribution is 2.56. The Kier molecular flexibility index (Phi) is 13.4. The van der Waals surface area contributed by atoms with Gasteiger partial charge in [-0.05, 0) is 6.92 Å². The SMILES string of the molecule is CC1(F)COC(=O)O1.CC1OC(=O)OC1F.O=C1OC(F)(C(F)(F)F)C(F)(C(F)(F)F)O1.O=C1OC(F)C(C(F)(F)F)O1.O=C1OC(F)C(F)(F)O1. The second-order valence-corrected chi connectivity index (χ2v) is 9.07. The molecule has 0 aromatic heterocycles. The van der Waals surface area contributed by atoms with Crippen molar-refractivity contribution in [3.05, 3.63) is 0 Å². The molecule has 5 aliphatic rings. The molecule has 0 saturated carbocycles. The molecule has 302 valence electrons. The molecule has 8 unspecified atom stereocenters. The van der Waals surface area contributed by atoms with Crippen molar-refractivity contribution in [3.63, 3.8) is 0 Å². The van der Waals surface area contributed by atoms with Crippen molar-refractivity contribution in [1.29, 1.82) is 0 Å². The molecular weight excluding hydrogens is 803 g/mol. The number of halogens is 17. The summed E-state index contributed by atoms with van der Waals surface area (Å²) in [5.41, 5.74) is 0. The molecule has 15 nitrogen and oxygen atoms in total. The van der Waals surface area contributed by atoms with Crippen LogP contribution in [0.5, 0.6) is 0 Å². The van der Waals surface area contributed by atoms with E-state index in [0.717, 1.165) is 6.92 Å². The monoisotopic (exact) mass is 816 g/mol. The molecule has 0 aromatic rings. The van der Waals surface area contributed by atoms with E-state index in [0.29, 0.717) is 0 Å². The minimum Gasteiger partial charge on any atom is -0.427 e. The van der Waals surface area contributed by atoms with E-state index < -0.39 is 104 Å². The van der Waals surface area contributed by atoms with Gasteiger partial charge in [0.2, 0.25) is 0 Å². The minimum absolute atomic E-state index is 0.300. The van der Waals surface area contributed by atoms with Crippen molar-refractivity contribution in [2.75, 3.05) is 6.61 Å². The smallest absolute Gasteiger partial charge is 0.427 e. The molecule has 0 aromatic carbocycles. The Morgan fingerprint density at radius 2 is 1.00 bits per heavy atom. The second kappa shape index (κ2) is 15.4. The van der Waals surface area contributed by atoms with Crippen molar-refractivity contribution in [1.82, 2.24) is 0 Å². The molecule has 5 heterocycles. The van der Waals surface area contributed by atoms with Gasteiger partial charge in [-0.15, -0.1) is 0 Å². The zero-order valence-corrected chi connectivity index (χ0v) is 24.1. The van der Waals surface area contributed by atoms with Crippen LogP contribution in [0, 0.1) is 0 Å². The number of carbonyl (C=O) groups is 5. The molecule has 5 fully saturated rings. The van der Waals surface area contributed by atoms with Crippen LogP contribution in [-0.4, -0.2) is 111 Å². The van der Waals surface area contributed by atoms with Crippen LogP contribution in [-0.2, 0) is 47.4 Å². The van der Waals surface area contributed by atoms with E-state index in [-0.39, 0.29) is 6.61 Å². The van der Waals surface area contributed by atoms with Crippen molar-refractivity contribution in [2.24, 2.45) is 0 Å². The van der Waals surface area contributed by atoms with Crippen LogP contribution in [0.2, 0.25) is 0 Å². The molecule has 52 heavy (non-hydrogen) atoms. The highest BCUT2D eigenvalue weighted by atomic mass is 19.4. The van der Waals surface area contributed by atoms with Crippen LogP contribution >= 0.6 is 0 Å². The van der Waals surface area contributed by atoms with Crippen LogP contribution in [0.25, 0.3) is 0 Å². The van der Waals surface area contributed by atoms with Gasteiger partial charge in [-0.3, -0.25) is 0 Å². The predicted molar refractivity (Wildman–Crippen MR) is 111 cm³/mol. The van der Waals surface area contributed by atoms with E-state index in [1.807, 2.05) is 0 Å². The first kappa shape index (κ1) is 45.2. The Morgan fingerprint density at radius 1 is 0.558 bits per heavy atom. The lowest BCUT2D eigenvalue weighted by atomic mass is 10.1. The van der Waals surface area contributed by atoms with Gasteiger partial charge < -0.3 is 47.4 Å². The van der Waals surface area contributed by atoms with Crippen molar-refractivity contribution >= 4 is 30.8 Å². The van der Waals surface area contributed by atoms with E-state index in [9.17, 15) is 98.6 Å². The summed E-state index contributed by atoms with van der Waals surface area (Å²) < 4.78 is 238. The molecular formula is C20H13F17O15. The number of hydrogen-bond acceptors (Lipinski definition) is 15. The summed E-state index contributed by atoms with van der Waals surface area (Å²) in [6.45, 7) is 2.26. The molecule has 5 saturated heterocycles. The largest absolute Gasteiger partial charge is 0.516 e. The van der Waals surface area contributed by atoms with Crippen molar-refractivity contribution in [2.45, 2.75) is 87.3 Å². The van der Waals surface area contributed by atoms with Crippen LogP contribution in [0.15, 0.2) is 0 Å². The summed E-state index contributed by atoms with van der Waals surface area (Å²) in [6, 6.07) is 0. The minimum atomic E-state index is -6.44. The van der Waals surface area contributed by atoms with Crippen molar-refractivity contribution < 1.29 is 146 Å². The number of alkyl halides is 17. The molecule has 0 aliphatic carbocycles. The van der Waals surface area contributed by atoms with Gasteiger partial charge in [0.05, 0.1) is 0 Å². The molecule has 0 radical (unpaired) electrons. The fourth-order valence-electron chi connectivity index (χ4n) is 2.59. The fourth-order valence-corrected chi connectivity index (χ4v) is 2.59. The van der Waals surface area contributed by atoms with Gasteiger partial charge >= 0.3 is 73.5 Å². The van der Waals surface area contributed by atoms with E-state index in [2.05, 4.69) is 47.4 Å². The number of rotatable bonds is 0. The lowest BCUT2D eigenvalue weighted by molar-refractivity contribution is -0.422. The third kappa shape index (κ3) is 11.3. The van der Waals surface area contributed by atoms with Crippen LogP contribution in [0.3, 0.4) is 0 Å². The zero-order valence-electron chi connectivity index (χ0n) is 24.1. The molecule has 32 heteroatoms. The van der Waals surface area contributed by atoms with Crippen molar-refractivity contribution in [3.8, 4) is 0 Å². The first-order valence-corrected chi connectivity index (χ1v) is 12.1. The topological polar surface area (TPSA) is 178 Å². The summed E-state index contributed by atoms with van der Waals surface area (Å²) in [4.78, 5) is 49.6. The van der Waals surface area contributed by atoms with Gasteiger partial charge in [0.15, 0.2) is 12.7 Å². The van der Waals surface area contributed by atoms with Crippen LogP contribution < -0.4 is 0 Å². The van der Waals surface area contributed by atoms with E-state index in [1.165, 1.54) is 6.92 Å². The van der Waals surface area contributed by atoms with Gasteiger partial charge in [-0.25, -0.2) is 24.0 Å². The third-order valence-corrected chi connectivity index (χ3v) is 4.87. The highest BCUT2D eigenvalue weighted by molar-refractivity contribution is 5.64. The zero-order chi connectivity index (χ0) is 41.1. The number of ether oxygens (including phenoxy) is 10. The fraction of sp³-hybridized carbons (Fsp3) is 0.750. The molecule has 0 bridgehead atoms. The lowest BCUT2D eigenvalue weighted by Gasteiger charge is -2.30. The molecule has 0 N–H and O–H groups in total. The van der Waals surface area contributed by atoms with Gasteiger partial charge in [-0.2, -0.15) is 74.6 Å². The Balaban J connectivity index is 0.000000334. The van der Waals surface area contributed by atoms with E-state index in [4.69, 9.17) is 0 Å². The number of carbonyl (C=O) groups excluding carboxylic acids is 5. The Morgan fingerprint density at radius 3 is 1.15 bits per heavy atom. The number of cyclic esters (lactones) is 10. The summed E-state index contributed by atoms with van der Waals surface area (Å²) in [5, 5.41) is 0. The molecule has 0 spiro atoms. The third-order valence-electron chi connectivity index (χ3n) is 4.87. The Bertz CT molecular complexity index is 1280. The Labute approximate surface area is 271 Å². The maximum Gasteiger partial charge on any atom is 0.516 e. The first-order chi connectivity index (χ1) is 23.1. The molecule has 5 aliphatic heterocycles. The van der Waals surface area contributed by atoms with Crippen LogP contribution in [0.4, 0.5) is 98.6 Å². The highest BCUT2D eigenvalue weighted by Gasteiger charge is 2.89. The average Bonchev–Trinajstić information content (AvgIpc) is 3.66. The number of hydrogen-bond donors (Lipinski definition) is 0. The molecule has 5 rings (SSSR count). The van der Waals surface area contributed by atoms with Crippen LogP contribution in [0.1, 0.15) is 13.8 Å². The second-order valence-electron chi connectivity index (χ2n) is 9.07. The average molecular weight is 816 g/mol. The van der Waals surface area contributed by atoms with Gasteiger partial charge in [-0.1, -0.05) is 0 Å². The summed E-state index contributed by atoms with van der Waals surface area (Å²) in [6.07, 6.45) is -40.7. The van der Waals surface area contributed by atoms with E-state index in [1.54, 1.807) is 0 Å². The predicted octanol–water partition coefficient (Wildman–Crippen LogP) is 6.71. The Hall–Kier alpha value is -4.84. The summed E-state index contributed by atoms with van der Waals surface area (Å²) >= 11 is 0. The maximum absolute atomic E-state index is 12.8. The molecule has 8 atom stereocenters. The molecule has 0 amide bonds. The standard InChI is InChI=1S/C5F8O3.C4H2F4O3.2C4H5FO3.C3HF3O3/c6-2(4(8,9)10)3(7,5(11,12)13)16-1(14)15-2;5-2-1(4(6,7)8)10-3(9)11-2;1-4(5)2-7-3(6)8-4;1-2-3(5)8-4(6)7-2;4-1-3(5,6)9-2(7)8-1/h;1-2H;2H2,1H3;2-3H,1H3;1H. The summed E-state index contributed by atoms with van der Waals surface area (Å²) in [7, 11) is 0. The van der Waals surface area contributed by atoms with Gasteiger partial charge in [0.25, 0.3) is 24.7 Å². The normalized spacial score (nSPS) is 34.4. The van der Waals surface area contributed by atoms with Gasteiger partial charge in [0.1, 0.15) is 0 Å².